The average Bonchev–Trinajstić information content (AvgIpc) is 2.78. The van der Waals surface area contributed by atoms with Gasteiger partial charge >= 0.3 is 6.18 Å². The number of benzene rings is 1. The summed E-state index contributed by atoms with van der Waals surface area (Å²) in [7, 11) is 0. The van der Waals surface area contributed by atoms with Crippen LogP contribution in [-0.4, -0.2) is 19.7 Å². The molecule has 2 heterocycles. The molecule has 1 aliphatic rings. The van der Waals surface area contributed by atoms with E-state index in [0.717, 1.165) is 50.2 Å². The van der Waals surface area contributed by atoms with Gasteiger partial charge < -0.3 is 9.88 Å². The minimum atomic E-state index is -4.70. The summed E-state index contributed by atoms with van der Waals surface area (Å²) in [5.74, 6) is 1.40. The van der Waals surface area contributed by atoms with Gasteiger partial charge in [-0.1, -0.05) is 6.42 Å². The molecule has 134 valence electrons. The Hall–Kier alpha value is -2.65. The predicted molar refractivity (Wildman–Crippen MR) is 83.0 cm³/mol. The fraction of sp³-hybridized carbons (Fsp3) is 0.467. The van der Waals surface area contributed by atoms with Crippen LogP contribution in [0.2, 0.25) is 0 Å². The Morgan fingerprint density at radius 1 is 1.24 bits per heavy atom. The van der Waals surface area contributed by atoms with Crippen molar-refractivity contribution in [3.8, 4) is 0 Å². The molecule has 0 spiro atoms. The van der Waals surface area contributed by atoms with E-state index in [0.29, 0.717) is 11.9 Å². The highest BCUT2D eigenvalue weighted by Crippen LogP contribution is 2.37. The second kappa shape index (κ2) is 6.69. The lowest BCUT2D eigenvalue weighted by atomic mass is 10.1. The fourth-order valence-corrected chi connectivity index (χ4v) is 2.88. The largest absolute Gasteiger partial charge is 0.418 e. The zero-order valence-corrected chi connectivity index (χ0v) is 13.2. The van der Waals surface area contributed by atoms with Crippen LogP contribution in [0.3, 0.4) is 0 Å². The van der Waals surface area contributed by atoms with Gasteiger partial charge in [0.25, 0.3) is 5.69 Å². The first-order valence-electron chi connectivity index (χ1n) is 7.87. The summed E-state index contributed by atoms with van der Waals surface area (Å²) in [6, 6.07) is 2.65. The van der Waals surface area contributed by atoms with Gasteiger partial charge in [-0.2, -0.15) is 13.2 Å². The third-order valence-electron chi connectivity index (χ3n) is 4.14. The van der Waals surface area contributed by atoms with E-state index in [2.05, 4.69) is 15.5 Å². The number of nitrogens with zero attached hydrogens (tertiary/aromatic N) is 4. The standard InChI is InChI=1S/C15H16F3N5O2/c16-15(17,18)11-8-10(23(24)25)5-6-12(11)19-9-14-21-20-13-4-2-1-3-7-22(13)14/h5-6,8,19H,1-4,7,9H2. The molecule has 0 fully saturated rings. The van der Waals surface area contributed by atoms with Crippen molar-refractivity contribution in [3.05, 3.63) is 45.5 Å². The lowest BCUT2D eigenvalue weighted by Crippen LogP contribution is -2.14. The number of nitro groups is 1. The molecule has 1 aromatic carbocycles. The number of anilines is 1. The molecule has 1 N–H and O–H groups in total. The van der Waals surface area contributed by atoms with Gasteiger partial charge in [0.05, 0.1) is 17.0 Å². The maximum atomic E-state index is 13.2. The summed E-state index contributed by atoms with van der Waals surface area (Å²) in [4.78, 5) is 9.88. The first-order valence-corrected chi connectivity index (χ1v) is 7.87. The Bertz CT molecular complexity index is 788. The Labute approximate surface area is 141 Å². The average molecular weight is 355 g/mol. The lowest BCUT2D eigenvalue weighted by Gasteiger charge is -2.14. The van der Waals surface area contributed by atoms with E-state index >= 15 is 0 Å². The minimum Gasteiger partial charge on any atom is -0.377 e. The molecule has 3 rings (SSSR count). The minimum absolute atomic E-state index is 0.0634. The van der Waals surface area contributed by atoms with Crippen LogP contribution >= 0.6 is 0 Å². The molecular weight excluding hydrogens is 339 g/mol. The molecule has 0 amide bonds. The smallest absolute Gasteiger partial charge is 0.377 e. The maximum Gasteiger partial charge on any atom is 0.418 e. The summed E-state index contributed by atoms with van der Waals surface area (Å²) in [5.41, 5.74) is -1.89. The molecule has 25 heavy (non-hydrogen) atoms. The van der Waals surface area contributed by atoms with Gasteiger partial charge in [-0.25, -0.2) is 0 Å². The molecule has 7 nitrogen and oxygen atoms in total. The van der Waals surface area contributed by atoms with E-state index in [-0.39, 0.29) is 12.2 Å². The van der Waals surface area contributed by atoms with E-state index in [1.165, 1.54) is 0 Å². The SMILES string of the molecule is O=[N+]([O-])c1ccc(NCc2nnc3n2CCCCC3)c(C(F)(F)F)c1. The number of hydrogen-bond acceptors (Lipinski definition) is 5. The Kier molecular flexibility index (Phi) is 4.60. The van der Waals surface area contributed by atoms with Crippen LogP contribution in [0.25, 0.3) is 0 Å². The fourth-order valence-electron chi connectivity index (χ4n) is 2.88. The van der Waals surface area contributed by atoms with E-state index < -0.39 is 22.4 Å². The highest BCUT2D eigenvalue weighted by molar-refractivity contribution is 5.57. The summed E-state index contributed by atoms with van der Waals surface area (Å²) < 4.78 is 41.5. The number of alkyl halides is 3. The second-order valence-corrected chi connectivity index (χ2v) is 5.83. The van der Waals surface area contributed by atoms with E-state index in [9.17, 15) is 23.3 Å². The molecule has 1 aliphatic heterocycles. The zero-order chi connectivity index (χ0) is 18.0. The number of non-ortho nitro benzene ring substituents is 1. The molecule has 0 aliphatic carbocycles. The summed E-state index contributed by atoms with van der Waals surface area (Å²) in [6.45, 7) is 0.805. The summed E-state index contributed by atoms with van der Waals surface area (Å²) in [6.07, 6.45) is -0.819. The molecule has 10 heteroatoms. The predicted octanol–water partition coefficient (Wildman–Crippen LogP) is 3.54. The Morgan fingerprint density at radius 2 is 2.04 bits per heavy atom. The number of hydrogen-bond donors (Lipinski definition) is 1. The number of aryl methyl sites for hydroxylation is 1. The summed E-state index contributed by atoms with van der Waals surface area (Å²) >= 11 is 0. The number of nitro benzene ring substituents is 1. The molecule has 0 atom stereocenters. The first-order chi connectivity index (χ1) is 11.9. The van der Waals surface area contributed by atoms with Gasteiger partial charge in [-0.3, -0.25) is 10.1 Å². The van der Waals surface area contributed by atoms with E-state index in [1.807, 2.05) is 4.57 Å². The molecule has 0 unspecified atom stereocenters. The van der Waals surface area contributed by atoms with Gasteiger partial charge in [0, 0.05) is 30.8 Å². The van der Waals surface area contributed by atoms with E-state index in [4.69, 9.17) is 0 Å². The van der Waals surface area contributed by atoms with Crippen LogP contribution in [0, 0.1) is 10.1 Å². The molecule has 0 bridgehead atoms. The zero-order valence-electron chi connectivity index (χ0n) is 13.2. The van der Waals surface area contributed by atoms with Crippen molar-refractivity contribution in [1.82, 2.24) is 14.8 Å². The number of aromatic nitrogens is 3. The molecule has 2 aromatic rings. The van der Waals surface area contributed by atoms with Crippen LogP contribution in [0.15, 0.2) is 18.2 Å². The monoisotopic (exact) mass is 355 g/mol. The van der Waals surface area contributed by atoms with Crippen molar-refractivity contribution in [3.63, 3.8) is 0 Å². The number of fused-ring (bicyclic) bond motifs is 1. The lowest BCUT2D eigenvalue weighted by molar-refractivity contribution is -0.385. The van der Waals surface area contributed by atoms with Crippen molar-refractivity contribution in [2.24, 2.45) is 0 Å². The van der Waals surface area contributed by atoms with Gasteiger partial charge in [-0.15, -0.1) is 10.2 Å². The first kappa shape index (κ1) is 17.2. The number of nitrogens with one attached hydrogen (secondary N) is 1. The van der Waals surface area contributed by atoms with Crippen molar-refractivity contribution >= 4 is 11.4 Å². The highest BCUT2D eigenvalue weighted by atomic mass is 19.4. The van der Waals surface area contributed by atoms with Gasteiger partial charge in [-0.05, 0) is 18.9 Å². The molecule has 0 saturated carbocycles. The van der Waals surface area contributed by atoms with Crippen molar-refractivity contribution in [2.75, 3.05) is 5.32 Å². The van der Waals surface area contributed by atoms with Crippen LogP contribution in [0.5, 0.6) is 0 Å². The van der Waals surface area contributed by atoms with Gasteiger partial charge in [0.15, 0.2) is 5.82 Å². The molecule has 0 saturated heterocycles. The highest BCUT2D eigenvalue weighted by Gasteiger charge is 2.35. The summed E-state index contributed by atoms with van der Waals surface area (Å²) in [5, 5.41) is 21.6. The van der Waals surface area contributed by atoms with Gasteiger partial charge in [0.2, 0.25) is 0 Å². The topological polar surface area (TPSA) is 85.9 Å². The van der Waals surface area contributed by atoms with Crippen LogP contribution in [-0.2, 0) is 25.7 Å². The third kappa shape index (κ3) is 3.72. The molecule has 1 aromatic heterocycles. The molecular formula is C15H16F3N5O2. The van der Waals surface area contributed by atoms with Crippen LogP contribution in [0.1, 0.15) is 36.5 Å². The van der Waals surface area contributed by atoms with Gasteiger partial charge in [0.1, 0.15) is 5.82 Å². The third-order valence-corrected chi connectivity index (χ3v) is 4.14. The Morgan fingerprint density at radius 3 is 2.76 bits per heavy atom. The van der Waals surface area contributed by atoms with Crippen LogP contribution < -0.4 is 5.32 Å². The van der Waals surface area contributed by atoms with Crippen LogP contribution in [0.4, 0.5) is 24.5 Å². The Balaban J connectivity index is 1.84. The normalized spacial score (nSPS) is 14.7. The second-order valence-electron chi connectivity index (χ2n) is 5.83. The molecule has 0 radical (unpaired) electrons. The van der Waals surface area contributed by atoms with Crippen molar-refractivity contribution < 1.29 is 18.1 Å². The quantitative estimate of drug-likeness (QED) is 0.670. The van der Waals surface area contributed by atoms with E-state index in [1.54, 1.807) is 0 Å². The maximum absolute atomic E-state index is 13.2. The van der Waals surface area contributed by atoms with Crippen molar-refractivity contribution in [1.29, 1.82) is 0 Å². The number of rotatable bonds is 4. The number of halogens is 3. The van der Waals surface area contributed by atoms with Crippen molar-refractivity contribution in [2.45, 2.75) is 44.9 Å².